The fourth-order valence-corrected chi connectivity index (χ4v) is 2.33. The first-order valence-corrected chi connectivity index (χ1v) is 8.32. The van der Waals surface area contributed by atoms with Crippen LogP contribution in [0.15, 0.2) is 41.3 Å². The van der Waals surface area contributed by atoms with Crippen LogP contribution in [0.3, 0.4) is 0 Å². The first-order chi connectivity index (χ1) is 13.9. The van der Waals surface area contributed by atoms with Gasteiger partial charge in [0.2, 0.25) is 5.91 Å². The summed E-state index contributed by atoms with van der Waals surface area (Å²) in [5, 5.41) is 2.14. The fourth-order valence-electron chi connectivity index (χ4n) is 2.33. The highest BCUT2D eigenvalue weighted by molar-refractivity contribution is 5.92. The number of benzene rings is 1. The van der Waals surface area contributed by atoms with Gasteiger partial charge in [0.1, 0.15) is 18.9 Å². The summed E-state index contributed by atoms with van der Waals surface area (Å²) in [5.74, 6) is -1.13. The van der Waals surface area contributed by atoms with E-state index in [1.807, 2.05) is 0 Å². The molecule has 2 rings (SSSR count). The van der Waals surface area contributed by atoms with Gasteiger partial charge in [-0.3, -0.25) is 9.59 Å². The molecule has 164 valence electrons. The zero-order valence-electron chi connectivity index (χ0n) is 15.4. The predicted octanol–water partition coefficient (Wildman–Crippen LogP) is 3.55. The van der Waals surface area contributed by atoms with Gasteiger partial charge in [-0.15, -0.1) is 0 Å². The van der Waals surface area contributed by atoms with Crippen molar-refractivity contribution in [1.29, 1.82) is 0 Å². The molecule has 0 saturated carbocycles. The van der Waals surface area contributed by atoms with E-state index in [0.29, 0.717) is 29.0 Å². The Kier molecular flexibility index (Phi) is 7.13. The summed E-state index contributed by atoms with van der Waals surface area (Å²) in [5.41, 5.74) is -3.48. The van der Waals surface area contributed by atoms with Gasteiger partial charge in [0.25, 0.3) is 5.56 Å². The van der Waals surface area contributed by atoms with Crippen LogP contribution in [0.25, 0.3) is 0 Å². The molecule has 1 aromatic heterocycles. The summed E-state index contributed by atoms with van der Waals surface area (Å²) in [6.07, 6.45) is -9.00. The van der Waals surface area contributed by atoms with Crippen LogP contribution in [0.1, 0.15) is 11.1 Å². The minimum atomic E-state index is -4.74. The van der Waals surface area contributed by atoms with Gasteiger partial charge in [-0.2, -0.15) is 26.3 Å². The maximum atomic E-state index is 13.0. The maximum absolute atomic E-state index is 13.0. The highest BCUT2D eigenvalue weighted by Crippen LogP contribution is 2.35. The molecule has 6 nitrogen and oxygen atoms in total. The van der Waals surface area contributed by atoms with E-state index < -0.39 is 41.5 Å². The van der Waals surface area contributed by atoms with E-state index in [4.69, 9.17) is 9.47 Å². The van der Waals surface area contributed by atoms with Gasteiger partial charge >= 0.3 is 12.4 Å². The molecule has 0 fully saturated rings. The molecule has 0 radical (unpaired) electrons. The second kappa shape index (κ2) is 9.20. The molecule has 1 aromatic carbocycles. The molecule has 0 aliphatic carbocycles. The standard InChI is InChI=1S/C18H16F6N2O4/c1-29-6-7-30-14-4-2-11(17(19,20)21)8-13(14)25-15(27)10-26-9-12(18(22,23)24)3-5-16(26)28/h2-5,8-9H,6-7,10H2,1H3,(H,25,27). The summed E-state index contributed by atoms with van der Waals surface area (Å²) < 4.78 is 87.8. The Labute approximate surface area is 166 Å². The van der Waals surface area contributed by atoms with Gasteiger partial charge in [0.15, 0.2) is 0 Å². The Morgan fingerprint density at radius 2 is 1.63 bits per heavy atom. The van der Waals surface area contributed by atoms with Crippen LogP contribution in [0.2, 0.25) is 0 Å². The minimum absolute atomic E-state index is 0.0299. The highest BCUT2D eigenvalue weighted by Gasteiger charge is 2.32. The number of hydrogen-bond acceptors (Lipinski definition) is 4. The Morgan fingerprint density at radius 3 is 2.23 bits per heavy atom. The van der Waals surface area contributed by atoms with E-state index in [2.05, 4.69) is 5.32 Å². The van der Waals surface area contributed by atoms with Crippen molar-refractivity contribution in [3.05, 3.63) is 58.0 Å². The fraction of sp³-hybridized carbons (Fsp3) is 0.333. The molecule has 0 aliphatic heterocycles. The van der Waals surface area contributed by atoms with Crippen molar-refractivity contribution < 1.29 is 40.6 Å². The second-order valence-electron chi connectivity index (χ2n) is 5.98. The van der Waals surface area contributed by atoms with Crippen LogP contribution in [0, 0.1) is 0 Å². The van der Waals surface area contributed by atoms with Gasteiger partial charge in [-0.05, 0) is 24.3 Å². The lowest BCUT2D eigenvalue weighted by Gasteiger charge is -2.16. The van der Waals surface area contributed by atoms with Crippen molar-refractivity contribution in [2.75, 3.05) is 25.6 Å². The molecular weight excluding hydrogens is 422 g/mol. The third-order valence-corrected chi connectivity index (χ3v) is 3.75. The molecule has 1 amide bonds. The van der Waals surface area contributed by atoms with E-state index >= 15 is 0 Å². The molecule has 0 atom stereocenters. The molecule has 0 aliphatic rings. The third kappa shape index (κ3) is 6.24. The van der Waals surface area contributed by atoms with E-state index in [9.17, 15) is 35.9 Å². The van der Waals surface area contributed by atoms with Crippen LogP contribution in [0.5, 0.6) is 5.75 Å². The average Bonchev–Trinajstić information content (AvgIpc) is 2.63. The van der Waals surface area contributed by atoms with Gasteiger partial charge in [-0.1, -0.05) is 0 Å². The van der Waals surface area contributed by atoms with E-state index in [0.717, 1.165) is 12.1 Å². The number of aromatic nitrogens is 1. The number of hydrogen-bond donors (Lipinski definition) is 1. The quantitative estimate of drug-likeness (QED) is 0.531. The zero-order valence-corrected chi connectivity index (χ0v) is 15.4. The monoisotopic (exact) mass is 438 g/mol. The van der Waals surface area contributed by atoms with Crippen molar-refractivity contribution in [2.45, 2.75) is 18.9 Å². The Hall–Kier alpha value is -3.02. The Balaban J connectivity index is 2.27. The topological polar surface area (TPSA) is 69.6 Å². The SMILES string of the molecule is COCCOc1ccc(C(F)(F)F)cc1NC(=O)Cn1cc(C(F)(F)F)ccc1=O. The summed E-state index contributed by atoms with van der Waals surface area (Å²) in [7, 11) is 1.38. The smallest absolute Gasteiger partial charge is 0.417 e. The molecule has 2 aromatic rings. The van der Waals surface area contributed by atoms with Crippen LogP contribution < -0.4 is 15.6 Å². The lowest BCUT2D eigenvalue weighted by Crippen LogP contribution is -2.28. The number of nitrogens with one attached hydrogen (secondary N) is 1. The Morgan fingerprint density at radius 1 is 1.00 bits per heavy atom. The summed E-state index contributed by atoms with van der Waals surface area (Å²) in [4.78, 5) is 24.0. The van der Waals surface area contributed by atoms with Gasteiger partial charge in [0.05, 0.1) is 23.4 Å². The number of halogens is 6. The summed E-state index contributed by atoms with van der Waals surface area (Å²) in [6, 6.07) is 3.56. The number of rotatable bonds is 7. The Bertz CT molecular complexity index is 953. The first-order valence-electron chi connectivity index (χ1n) is 8.32. The number of anilines is 1. The third-order valence-electron chi connectivity index (χ3n) is 3.75. The highest BCUT2D eigenvalue weighted by atomic mass is 19.4. The minimum Gasteiger partial charge on any atom is -0.489 e. The van der Waals surface area contributed by atoms with Gasteiger partial charge in [0, 0.05) is 19.4 Å². The van der Waals surface area contributed by atoms with Crippen molar-refractivity contribution in [2.24, 2.45) is 0 Å². The summed E-state index contributed by atoms with van der Waals surface area (Å²) in [6.45, 7) is -0.762. The summed E-state index contributed by atoms with van der Waals surface area (Å²) >= 11 is 0. The first kappa shape index (κ1) is 23.3. The van der Waals surface area contributed by atoms with Crippen LogP contribution >= 0.6 is 0 Å². The van der Waals surface area contributed by atoms with Crippen LogP contribution in [0.4, 0.5) is 32.0 Å². The number of nitrogens with zero attached hydrogens (tertiary/aromatic N) is 1. The van der Waals surface area contributed by atoms with Gasteiger partial charge in [-0.25, -0.2) is 0 Å². The van der Waals surface area contributed by atoms with E-state index in [-0.39, 0.29) is 24.7 Å². The number of amides is 1. The van der Waals surface area contributed by atoms with Crippen molar-refractivity contribution in [3.8, 4) is 5.75 Å². The van der Waals surface area contributed by atoms with Crippen LogP contribution in [-0.4, -0.2) is 30.8 Å². The molecule has 1 N–H and O–H groups in total. The number of alkyl halides is 6. The number of carbonyl (C=O) groups is 1. The lowest BCUT2D eigenvalue weighted by molar-refractivity contribution is -0.138. The normalized spacial score (nSPS) is 12.0. The molecule has 0 bridgehead atoms. The number of methoxy groups -OCH3 is 1. The second-order valence-corrected chi connectivity index (χ2v) is 5.98. The number of pyridine rings is 1. The molecular formula is C18H16F6N2O4. The number of carbonyl (C=O) groups excluding carboxylic acids is 1. The largest absolute Gasteiger partial charge is 0.489 e. The molecule has 0 spiro atoms. The lowest BCUT2D eigenvalue weighted by atomic mass is 10.1. The van der Waals surface area contributed by atoms with E-state index in [1.54, 1.807) is 0 Å². The molecule has 30 heavy (non-hydrogen) atoms. The number of ether oxygens (including phenoxy) is 2. The van der Waals surface area contributed by atoms with E-state index in [1.165, 1.54) is 7.11 Å². The maximum Gasteiger partial charge on any atom is 0.417 e. The average molecular weight is 438 g/mol. The van der Waals surface area contributed by atoms with Crippen molar-refractivity contribution in [3.63, 3.8) is 0 Å². The van der Waals surface area contributed by atoms with Crippen molar-refractivity contribution >= 4 is 11.6 Å². The molecule has 0 unspecified atom stereocenters. The molecule has 12 heteroatoms. The predicted molar refractivity (Wildman–Crippen MR) is 93.1 cm³/mol. The molecule has 1 heterocycles. The van der Waals surface area contributed by atoms with Gasteiger partial charge < -0.3 is 19.4 Å². The van der Waals surface area contributed by atoms with Crippen molar-refractivity contribution in [1.82, 2.24) is 4.57 Å². The molecule has 0 saturated heterocycles. The zero-order chi connectivity index (χ0) is 22.5. The van der Waals surface area contributed by atoms with Crippen LogP contribution in [-0.2, 0) is 28.4 Å².